The number of nitrogens with two attached hydrogens (primary N) is 1. The summed E-state index contributed by atoms with van der Waals surface area (Å²) in [5, 5.41) is 9.00. The summed E-state index contributed by atoms with van der Waals surface area (Å²) in [4.78, 5) is 1.07. The van der Waals surface area contributed by atoms with Crippen LogP contribution >= 0.6 is 11.8 Å². The van der Waals surface area contributed by atoms with Crippen molar-refractivity contribution in [3.63, 3.8) is 0 Å². The number of hydrogen-bond acceptors (Lipinski definition) is 3. The van der Waals surface area contributed by atoms with E-state index in [1.165, 1.54) is 0 Å². The highest BCUT2D eigenvalue weighted by Crippen LogP contribution is 2.24. The summed E-state index contributed by atoms with van der Waals surface area (Å²) < 4.78 is 0. The SMILES string of the molecule is CSc1ccc(O)c(N)c1. The normalized spacial score (nSPS) is 9.70. The van der Waals surface area contributed by atoms with Gasteiger partial charge in [0.05, 0.1) is 5.69 Å². The first-order valence-electron chi connectivity index (χ1n) is 2.86. The molecule has 0 aliphatic rings. The van der Waals surface area contributed by atoms with Crippen molar-refractivity contribution in [1.29, 1.82) is 0 Å². The second kappa shape index (κ2) is 2.84. The summed E-state index contributed by atoms with van der Waals surface area (Å²) >= 11 is 1.60. The molecule has 1 rings (SSSR count). The van der Waals surface area contributed by atoms with Crippen LogP contribution in [0.4, 0.5) is 5.69 Å². The van der Waals surface area contributed by atoms with Crippen LogP contribution in [-0.4, -0.2) is 11.4 Å². The van der Waals surface area contributed by atoms with E-state index in [4.69, 9.17) is 10.8 Å². The molecule has 0 radical (unpaired) electrons. The second-order valence-electron chi connectivity index (χ2n) is 1.92. The molecule has 0 unspecified atom stereocenters. The number of thioether (sulfide) groups is 1. The molecular formula is C7H9NOS. The van der Waals surface area contributed by atoms with Gasteiger partial charge in [0.1, 0.15) is 5.75 Å². The summed E-state index contributed by atoms with van der Waals surface area (Å²) in [6, 6.07) is 5.18. The number of phenols is 1. The fraction of sp³-hybridized carbons (Fsp3) is 0.143. The zero-order valence-corrected chi connectivity index (χ0v) is 6.48. The molecule has 0 fully saturated rings. The molecule has 0 saturated carbocycles. The Labute approximate surface area is 64.1 Å². The molecule has 0 atom stereocenters. The minimum atomic E-state index is 0.151. The molecule has 0 saturated heterocycles. The van der Waals surface area contributed by atoms with Crippen LogP contribution in [-0.2, 0) is 0 Å². The molecule has 0 amide bonds. The Bertz CT molecular complexity index is 237. The van der Waals surface area contributed by atoms with Gasteiger partial charge in [0, 0.05) is 4.90 Å². The van der Waals surface area contributed by atoms with Gasteiger partial charge in [-0.15, -0.1) is 11.8 Å². The van der Waals surface area contributed by atoms with Crippen molar-refractivity contribution in [3.05, 3.63) is 18.2 Å². The number of nitrogen functional groups attached to an aromatic ring is 1. The summed E-state index contributed by atoms with van der Waals surface area (Å²) in [7, 11) is 0. The van der Waals surface area contributed by atoms with Crippen LogP contribution in [0, 0.1) is 0 Å². The lowest BCUT2D eigenvalue weighted by molar-refractivity contribution is 0.477. The van der Waals surface area contributed by atoms with Crippen LogP contribution in [0.15, 0.2) is 23.1 Å². The molecule has 3 N–H and O–H groups in total. The Balaban J connectivity index is 3.04. The molecule has 54 valence electrons. The van der Waals surface area contributed by atoms with Gasteiger partial charge >= 0.3 is 0 Å². The topological polar surface area (TPSA) is 46.2 Å². The standard InChI is InChI=1S/C7H9NOS/c1-10-5-2-3-7(9)6(8)4-5/h2-4,9H,8H2,1H3. The van der Waals surface area contributed by atoms with Crippen molar-refractivity contribution in [3.8, 4) is 5.75 Å². The fourth-order valence-electron chi connectivity index (χ4n) is 0.660. The molecule has 0 bridgehead atoms. The van der Waals surface area contributed by atoms with Gasteiger partial charge in [0.2, 0.25) is 0 Å². The predicted molar refractivity (Wildman–Crippen MR) is 44.3 cm³/mol. The highest BCUT2D eigenvalue weighted by molar-refractivity contribution is 7.98. The van der Waals surface area contributed by atoms with E-state index in [9.17, 15) is 0 Å². The highest BCUT2D eigenvalue weighted by atomic mass is 32.2. The number of phenolic OH excluding ortho intramolecular Hbond substituents is 1. The van der Waals surface area contributed by atoms with Gasteiger partial charge in [-0.3, -0.25) is 0 Å². The van der Waals surface area contributed by atoms with Crippen molar-refractivity contribution in [2.24, 2.45) is 0 Å². The van der Waals surface area contributed by atoms with Gasteiger partial charge in [-0.1, -0.05) is 0 Å². The largest absolute Gasteiger partial charge is 0.506 e. The fourth-order valence-corrected chi connectivity index (χ4v) is 1.11. The Morgan fingerprint density at radius 1 is 1.50 bits per heavy atom. The smallest absolute Gasteiger partial charge is 0.138 e. The van der Waals surface area contributed by atoms with Crippen molar-refractivity contribution < 1.29 is 5.11 Å². The van der Waals surface area contributed by atoms with Crippen molar-refractivity contribution in [1.82, 2.24) is 0 Å². The zero-order valence-electron chi connectivity index (χ0n) is 5.66. The predicted octanol–water partition coefficient (Wildman–Crippen LogP) is 1.70. The van der Waals surface area contributed by atoms with Gasteiger partial charge in [-0.05, 0) is 24.5 Å². The quantitative estimate of drug-likeness (QED) is 0.368. The minimum Gasteiger partial charge on any atom is -0.506 e. The first-order valence-corrected chi connectivity index (χ1v) is 4.09. The molecule has 2 nitrogen and oxygen atoms in total. The molecule has 1 aromatic carbocycles. The van der Waals surface area contributed by atoms with Gasteiger partial charge in [0.25, 0.3) is 0 Å². The van der Waals surface area contributed by atoms with Crippen LogP contribution in [0.2, 0.25) is 0 Å². The average Bonchev–Trinajstić information content (AvgIpc) is 1.95. The number of anilines is 1. The Kier molecular flexibility index (Phi) is 2.06. The molecule has 10 heavy (non-hydrogen) atoms. The van der Waals surface area contributed by atoms with Crippen LogP contribution in [0.3, 0.4) is 0 Å². The third kappa shape index (κ3) is 1.36. The van der Waals surface area contributed by atoms with E-state index in [2.05, 4.69) is 0 Å². The average molecular weight is 155 g/mol. The van der Waals surface area contributed by atoms with Crippen molar-refractivity contribution >= 4 is 17.4 Å². The number of hydrogen-bond donors (Lipinski definition) is 2. The van der Waals surface area contributed by atoms with E-state index in [0.717, 1.165) is 4.90 Å². The van der Waals surface area contributed by atoms with Crippen LogP contribution in [0.1, 0.15) is 0 Å². The maximum atomic E-state index is 9.00. The molecule has 0 aliphatic carbocycles. The second-order valence-corrected chi connectivity index (χ2v) is 2.80. The Morgan fingerprint density at radius 3 is 2.70 bits per heavy atom. The Hall–Kier alpha value is -0.830. The first-order chi connectivity index (χ1) is 4.74. The van der Waals surface area contributed by atoms with E-state index >= 15 is 0 Å². The van der Waals surface area contributed by atoms with Gasteiger partial charge in [-0.25, -0.2) is 0 Å². The first kappa shape index (κ1) is 7.28. The number of rotatable bonds is 1. The summed E-state index contributed by atoms with van der Waals surface area (Å²) in [5.41, 5.74) is 5.87. The highest BCUT2D eigenvalue weighted by Gasteiger charge is 1.95. The van der Waals surface area contributed by atoms with Gasteiger partial charge in [0.15, 0.2) is 0 Å². The lowest BCUT2D eigenvalue weighted by Gasteiger charge is -1.99. The van der Waals surface area contributed by atoms with Crippen LogP contribution < -0.4 is 5.73 Å². The number of benzene rings is 1. The maximum absolute atomic E-state index is 9.00. The molecule has 0 aromatic heterocycles. The molecule has 0 heterocycles. The summed E-state index contributed by atoms with van der Waals surface area (Å²) in [5.74, 6) is 0.151. The Morgan fingerprint density at radius 2 is 2.20 bits per heavy atom. The van der Waals surface area contributed by atoms with E-state index in [1.54, 1.807) is 23.9 Å². The van der Waals surface area contributed by atoms with Gasteiger partial charge < -0.3 is 10.8 Å². The van der Waals surface area contributed by atoms with Crippen molar-refractivity contribution in [2.75, 3.05) is 12.0 Å². The monoisotopic (exact) mass is 155 g/mol. The lowest BCUT2D eigenvalue weighted by atomic mass is 10.3. The molecule has 3 heteroatoms. The van der Waals surface area contributed by atoms with Crippen LogP contribution in [0.25, 0.3) is 0 Å². The molecule has 0 aliphatic heterocycles. The van der Waals surface area contributed by atoms with Crippen molar-refractivity contribution in [2.45, 2.75) is 4.90 Å². The van der Waals surface area contributed by atoms with E-state index in [-0.39, 0.29) is 5.75 Å². The number of aromatic hydroxyl groups is 1. The zero-order chi connectivity index (χ0) is 7.56. The molecular weight excluding hydrogens is 146 g/mol. The third-order valence-corrected chi connectivity index (χ3v) is 1.96. The van der Waals surface area contributed by atoms with E-state index in [1.807, 2.05) is 12.3 Å². The third-order valence-electron chi connectivity index (χ3n) is 1.23. The molecule has 0 spiro atoms. The maximum Gasteiger partial charge on any atom is 0.138 e. The minimum absolute atomic E-state index is 0.151. The van der Waals surface area contributed by atoms with Crippen LogP contribution in [0.5, 0.6) is 5.75 Å². The molecule has 1 aromatic rings. The summed E-state index contributed by atoms with van der Waals surface area (Å²) in [6.45, 7) is 0. The summed E-state index contributed by atoms with van der Waals surface area (Å²) in [6.07, 6.45) is 1.96. The van der Waals surface area contributed by atoms with Gasteiger partial charge in [-0.2, -0.15) is 0 Å². The van der Waals surface area contributed by atoms with E-state index in [0.29, 0.717) is 5.69 Å². The van der Waals surface area contributed by atoms with E-state index < -0.39 is 0 Å². The lowest BCUT2D eigenvalue weighted by Crippen LogP contribution is -1.84.